The Kier molecular flexibility index (Phi) is 13.4. The van der Waals surface area contributed by atoms with E-state index in [0.29, 0.717) is 18.6 Å². The molecule has 1 aromatic heterocycles. The number of nitrogens with one attached hydrogen (secondary N) is 2. The van der Waals surface area contributed by atoms with Gasteiger partial charge in [-0.25, -0.2) is 8.78 Å². The summed E-state index contributed by atoms with van der Waals surface area (Å²) in [5, 5.41) is 6.24. The van der Waals surface area contributed by atoms with Gasteiger partial charge in [-0.3, -0.25) is 19.4 Å². The number of halogens is 2. The molecule has 3 atom stereocenters. The van der Waals surface area contributed by atoms with Crippen molar-refractivity contribution in [2.24, 2.45) is 0 Å². The van der Waals surface area contributed by atoms with Crippen molar-refractivity contribution in [3.63, 3.8) is 0 Å². The Bertz CT molecular complexity index is 1740. The second-order valence-electron chi connectivity index (χ2n) is 12.9. The second-order valence-corrected chi connectivity index (χ2v) is 12.9. The Hall–Kier alpha value is -5.00. The fourth-order valence-corrected chi connectivity index (χ4v) is 6.22. The third-order valence-electron chi connectivity index (χ3n) is 9.34. The Morgan fingerprint density at radius 1 is 0.843 bits per heavy atom. The van der Waals surface area contributed by atoms with Crippen LogP contribution in [-0.2, 0) is 38.4 Å². The molecule has 5 rings (SSSR count). The number of hydrogen-bond donors (Lipinski definition) is 2. The van der Waals surface area contributed by atoms with Gasteiger partial charge < -0.3 is 25.2 Å². The summed E-state index contributed by atoms with van der Waals surface area (Å²) in [6.45, 7) is 1.37. The lowest BCUT2D eigenvalue weighted by atomic mass is 9.98. The third-order valence-corrected chi connectivity index (χ3v) is 9.34. The van der Waals surface area contributed by atoms with E-state index < -0.39 is 35.5 Å². The molecule has 51 heavy (non-hydrogen) atoms. The lowest BCUT2D eigenvalue weighted by Gasteiger charge is -2.34. The van der Waals surface area contributed by atoms with E-state index >= 15 is 0 Å². The minimum Gasteiger partial charge on any atom is -0.370 e. The van der Waals surface area contributed by atoms with E-state index in [1.165, 1.54) is 22.9 Å². The molecule has 3 unspecified atom stereocenters. The Balaban J connectivity index is 1.37. The first kappa shape index (κ1) is 37.3. The molecule has 11 heteroatoms. The zero-order valence-electron chi connectivity index (χ0n) is 29.1. The standard InChI is InChI=1S/C40H45F2N5O4/c1-46(38(48)27-51-26-33-9-6-19-44-33)37(24-29-10-13-32(14-11-29)31-7-4-3-5-8-31)40(50)47(2)36(25-30-12-15-34(41)35(42)23-30)39(49)45-22-18-28-16-20-43-21-17-28/h3-5,7-8,10-17,20-21,23,33,36-37,44H,6,9,18-19,22,24-27H2,1-2H3,(H,45,49). The summed E-state index contributed by atoms with van der Waals surface area (Å²) in [4.78, 5) is 48.4. The molecule has 0 spiro atoms. The van der Waals surface area contributed by atoms with Crippen molar-refractivity contribution in [1.29, 1.82) is 0 Å². The highest BCUT2D eigenvalue weighted by Gasteiger charge is 2.35. The average molecular weight is 698 g/mol. The maximum absolute atomic E-state index is 14.5. The largest absolute Gasteiger partial charge is 0.370 e. The topological polar surface area (TPSA) is 104 Å². The minimum absolute atomic E-state index is 0.0752. The molecule has 2 heterocycles. The number of amides is 3. The minimum atomic E-state index is -1.09. The van der Waals surface area contributed by atoms with Gasteiger partial charge in [-0.15, -0.1) is 0 Å². The lowest BCUT2D eigenvalue weighted by Crippen LogP contribution is -2.56. The summed E-state index contributed by atoms with van der Waals surface area (Å²) in [5.41, 5.74) is 4.18. The first-order valence-corrected chi connectivity index (χ1v) is 17.3. The molecule has 4 aromatic rings. The predicted molar refractivity (Wildman–Crippen MR) is 192 cm³/mol. The number of nitrogens with zero attached hydrogens (tertiary/aromatic N) is 3. The van der Waals surface area contributed by atoms with Crippen LogP contribution in [-0.4, -0.2) is 91.0 Å². The van der Waals surface area contributed by atoms with Gasteiger partial charge in [0, 0.05) is 51.9 Å². The van der Waals surface area contributed by atoms with Gasteiger partial charge in [-0.05, 0) is 77.9 Å². The van der Waals surface area contributed by atoms with Crippen molar-refractivity contribution < 1.29 is 27.9 Å². The number of carbonyl (C=O) groups excluding carboxylic acids is 3. The van der Waals surface area contributed by atoms with E-state index in [9.17, 15) is 23.2 Å². The van der Waals surface area contributed by atoms with Crippen molar-refractivity contribution in [3.05, 3.63) is 126 Å². The summed E-state index contributed by atoms with van der Waals surface area (Å²) >= 11 is 0. The van der Waals surface area contributed by atoms with Crippen LogP contribution in [0.15, 0.2) is 97.3 Å². The highest BCUT2D eigenvalue weighted by Crippen LogP contribution is 2.22. The Labute approximate surface area is 298 Å². The van der Waals surface area contributed by atoms with E-state index in [2.05, 4.69) is 15.6 Å². The van der Waals surface area contributed by atoms with Crippen molar-refractivity contribution >= 4 is 17.7 Å². The molecule has 268 valence electrons. The molecule has 1 saturated heterocycles. The fraction of sp³-hybridized carbons (Fsp3) is 0.350. The van der Waals surface area contributed by atoms with E-state index in [0.717, 1.165) is 53.8 Å². The van der Waals surface area contributed by atoms with Crippen LogP contribution >= 0.6 is 0 Å². The summed E-state index contributed by atoms with van der Waals surface area (Å²) in [6.07, 6.45) is 5.98. The number of likely N-dealkylation sites (N-methyl/N-ethyl adjacent to an activating group) is 2. The predicted octanol–water partition coefficient (Wildman–Crippen LogP) is 4.59. The van der Waals surface area contributed by atoms with E-state index in [1.807, 2.05) is 66.7 Å². The summed E-state index contributed by atoms with van der Waals surface area (Å²) in [6, 6.07) is 22.9. The van der Waals surface area contributed by atoms with Crippen LogP contribution < -0.4 is 10.6 Å². The van der Waals surface area contributed by atoms with Gasteiger partial charge in [-0.2, -0.15) is 0 Å². The first-order chi connectivity index (χ1) is 24.7. The molecule has 1 fully saturated rings. The fourth-order valence-electron chi connectivity index (χ4n) is 6.22. The molecule has 3 aromatic carbocycles. The number of carbonyl (C=O) groups is 3. The SMILES string of the molecule is CN(C(=O)COCC1CCCN1)C(Cc1ccc(-c2ccccc2)cc1)C(=O)N(C)C(Cc1ccc(F)c(F)c1)C(=O)NCCc1ccncc1. The van der Waals surface area contributed by atoms with E-state index in [1.54, 1.807) is 19.4 Å². The molecular formula is C40H45F2N5O4. The number of pyridine rings is 1. The van der Waals surface area contributed by atoms with Gasteiger partial charge in [0.2, 0.25) is 17.7 Å². The Morgan fingerprint density at radius 3 is 2.22 bits per heavy atom. The highest BCUT2D eigenvalue weighted by atomic mass is 19.2. The molecule has 2 N–H and O–H groups in total. The summed E-state index contributed by atoms with van der Waals surface area (Å²) in [7, 11) is 3.06. The van der Waals surface area contributed by atoms with Gasteiger partial charge in [0.15, 0.2) is 11.6 Å². The second kappa shape index (κ2) is 18.3. The van der Waals surface area contributed by atoms with Crippen LogP contribution in [0.2, 0.25) is 0 Å². The lowest BCUT2D eigenvalue weighted by molar-refractivity contribution is -0.149. The molecule has 0 radical (unpaired) electrons. The summed E-state index contributed by atoms with van der Waals surface area (Å²) in [5.74, 6) is -3.37. The molecule has 0 saturated carbocycles. The number of benzene rings is 3. The van der Waals surface area contributed by atoms with Crippen LogP contribution in [0.3, 0.4) is 0 Å². The van der Waals surface area contributed by atoms with Crippen molar-refractivity contribution in [2.75, 3.05) is 40.4 Å². The van der Waals surface area contributed by atoms with Crippen LogP contribution in [0.25, 0.3) is 11.1 Å². The van der Waals surface area contributed by atoms with Gasteiger partial charge in [0.1, 0.15) is 18.7 Å². The van der Waals surface area contributed by atoms with Gasteiger partial charge >= 0.3 is 0 Å². The molecule has 1 aliphatic rings. The van der Waals surface area contributed by atoms with Gasteiger partial charge in [0.25, 0.3) is 0 Å². The van der Waals surface area contributed by atoms with E-state index in [-0.39, 0.29) is 37.9 Å². The first-order valence-electron chi connectivity index (χ1n) is 17.3. The highest BCUT2D eigenvalue weighted by molar-refractivity contribution is 5.92. The van der Waals surface area contributed by atoms with Crippen LogP contribution in [0.4, 0.5) is 8.78 Å². The quantitative estimate of drug-likeness (QED) is 0.178. The van der Waals surface area contributed by atoms with Crippen LogP contribution in [0, 0.1) is 11.6 Å². The molecule has 1 aliphatic heterocycles. The molecule has 0 aliphatic carbocycles. The molecule has 9 nitrogen and oxygen atoms in total. The molecule has 3 amide bonds. The molecular weight excluding hydrogens is 652 g/mol. The van der Waals surface area contributed by atoms with Crippen LogP contribution in [0.1, 0.15) is 29.5 Å². The number of aromatic nitrogens is 1. The zero-order chi connectivity index (χ0) is 36.2. The third kappa shape index (κ3) is 10.5. The maximum atomic E-state index is 14.5. The number of ether oxygens (including phenoxy) is 1. The zero-order valence-corrected chi connectivity index (χ0v) is 29.1. The normalized spacial score (nSPS) is 15.2. The number of hydrogen-bond acceptors (Lipinski definition) is 6. The van der Waals surface area contributed by atoms with Gasteiger partial charge in [0.05, 0.1) is 6.61 Å². The Morgan fingerprint density at radius 2 is 1.53 bits per heavy atom. The van der Waals surface area contributed by atoms with Crippen molar-refractivity contribution in [3.8, 4) is 11.1 Å². The van der Waals surface area contributed by atoms with Crippen molar-refractivity contribution in [1.82, 2.24) is 25.4 Å². The molecule has 0 bridgehead atoms. The monoisotopic (exact) mass is 697 g/mol. The van der Waals surface area contributed by atoms with Crippen LogP contribution in [0.5, 0.6) is 0 Å². The van der Waals surface area contributed by atoms with Crippen molar-refractivity contribution in [2.45, 2.75) is 50.2 Å². The number of rotatable bonds is 16. The average Bonchev–Trinajstić information content (AvgIpc) is 3.68. The smallest absolute Gasteiger partial charge is 0.249 e. The van der Waals surface area contributed by atoms with E-state index in [4.69, 9.17) is 4.74 Å². The maximum Gasteiger partial charge on any atom is 0.249 e. The van der Waals surface area contributed by atoms with Gasteiger partial charge in [-0.1, -0.05) is 60.7 Å². The summed E-state index contributed by atoms with van der Waals surface area (Å²) < 4.78 is 33.8.